The molecule has 0 bridgehead atoms. The van der Waals surface area contributed by atoms with E-state index in [0.29, 0.717) is 33.1 Å². The smallest absolute Gasteiger partial charge is 0.353 e. The summed E-state index contributed by atoms with van der Waals surface area (Å²) in [5, 5.41) is 10.2. The highest BCUT2D eigenvalue weighted by Crippen LogP contribution is 2.29. The van der Waals surface area contributed by atoms with E-state index in [9.17, 15) is 9.59 Å². The molecule has 7 heteroatoms. The molecule has 3 aromatic carbocycles. The van der Waals surface area contributed by atoms with Crippen molar-refractivity contribution in [3.05, 3.63) is 118 Å². The second-order valence-electron chi connectivity index (χ2n) is 7.03. The summed E-state index contributed by atoms with van der Waals surface area (Å²) in [5.41, 5.74) is 2.09. The van der Waals surface area contributed by atoms with E-state index in [2.05, 4.69) is 10.2 Å². The van der Waals surface area contributed by atoms with Gasteiger partial charge in [-0.2, -0.15) is 5.10 Å². The van der Waals surface area contributed by atoms with Gasteiger partial charge in [0.25, 0.3) is 0 Å². The molecule has 0 radical (unpaired) electrons. The molecule has 0 aliphatic rings. The van der Waals surface area contributed by atoms with Gasteiger partial charge in [0.05, 0.1) is 13.3 Å². The third-order valence-corrected chi connectivity index (χ3v) is 5.63. The maximum absolute atomic E-state index is 13.1. The molecule has 0 amide bonds. The lowest BCUT2D eigenvalue weighted by Crippen LogP contribution is -2.15. The standard InChI is InChI=1S/C27H20N2O4S/c1-32-23-17-19(14-15-22(23)33-27(31)24-13-8-16-34-24)18-28-29-25(20-9-4-2-5-10-20)26(30)21-11-6-3-7-12-21/h2-18H,1H3/b28-18+,29-25+. The van der Waals surface area contributed by atoms with Gasteiger partial charge in [0.15, 0.2) is 11.5 Å². The number of ether oxygens (including phenoxy) is 2. The first kappa shape index (κ1) is 22.8. The summed E-state index contributed by atoms with van der Waals surface area (Å²) >= 11 is 1.30. The van der Waals surface area contributed by atoms with Crippen molar-refractivity contribution in [1.29, 1.82) is 0 Å². The minimum absolute atomic E-state index is 0.225. The number of hydrogen-bond donors (Lipinski definition) is 0. The number of hydrogen-bond acceptors (Lipinski definition) is 7. The monoisotopic (exact) mass is 468 g/mol. The molecule has 1 aromatic heterocycles. The summed E-state index contributed by atoms with van der Waals surface area (Å²) in [6.45, 7) is 0. The van der Waals surface area contributed by atoms with E-state index < -0.39 is 5.97 Å². The molecule has 0 aliphatic heterocycles. The second-order valence-corrected chi connectivity index (χ2v) is 7.98. The molecule has 0 fully saturated rings. The van der Waals surface area contributed by atoms with Crippen LogP contribution in [0.4, 0.5) is 0 Å². The van der Waals surface area contributed by atoms with Gasteiger partial charge in [-0.25, -0.2) is 4.79 Å². The van der Waals surface area contributed by atoms with Gasteiger partial charge in [-0.05, 0) is 35.2 Å². The number of benzene rings is 3. The molecule has 0 saturated heterocycles. The van der Waals surface area contributed by atoms with E-state index in [4.69, 9.17) is 9.47 Å². The number of carbonyl (C=O) groups excluding carboxylic acids is 2. The molecule has 34 heavy (non-hydrogen) atoms. The summed E-state index contributed by atoms with van der Waals surface area (Å²) in [6.07, 6.45) is 1.51. The Labute approximate surface area is 200 Å². The van der Waals surface area contributed by atoms with Crippen LogP contribution in [0.5, 0.6) is 11.5 Å². The van der Waals surface area contributed by atoms with Crippen LogP contribution in [-0.4, -0.2) is 30.8 Å². The fourth-order valence-electron chi connectivity index (χ4n) is 3.10. The Balaban J connectivity index is 1.58. The van der Waals surface area contributed by atoms with Crippen LogP contribution in [0.25, 0.3) is 0 Å². The Hall–Kier alpha value is -4.36. The van der Waals surface area contributed by atoms with Gasteiger partial charge >= 0.3 is 5.97 Å². The van der Waals surface area contributed by atoms with Gasteiger partial charge in [0, 0.05) is 11.1 Å². The Kier molecular flexibility index (Phi) is 7.37. The van der Waals surface area contributed by atoms with Crippen molar-refractivity contribution in [1.82, 2.24) is 0 Å². The number of carbonyl (C=O) groups is 2. The molecule has 0 aliphatic carbocycles. The van der Waals surface area contributed by atoms with Crippen molar-refractivity contribution >= 4 is 35.0 Å². The van der Waals surface area contributed by atoms with Crippen LogP contribution >= 0.6 is 11.3 Å². The van der Waals surface area contributed by atoms with E-state index in [0.717, 1.165) is 0 Å². The molecule has 0 spiro atoms. The van der Waals surface area contributed by atoms with Crippen LogP contribution in [0.1, 0.15) is 31.2 Å². The van der Waals surface area contributed by atoms with Crippen molar-refractivity contribution in [2.24, 2.45) is 10.2 Å². The van der Waals surface area contributed by atoms with Crippen LogP contribution in [0, 0.1) is 0 Å². The summed E-state index contributed by atoms with van der Waals surface area (Å²) in [7, 11) is 1.49. The largest absolute Gasteiger partial charge is 0.493 e. The lowest BCUT2D eigenvalue weighted by Gasteiger charge is -2.09. The summed E-state index contributed by atoms with van der Waals surface area (Å²) in [4.78, 5) is 25.8. The minimum Gasteiger partial charge on any atom is -0.493 e. The molecule has 0 unspecified atom stereocenters. The Morgan fingerprint density at radius 3 is 2.18 bits per heavy atom. The third kappa shape index (κ3) is 5.51. The van der Waals surface area contributed by atoms with Gasteiger partial charge in [-0.1, -0.05) is 66.7 Å². The number of rotatable bonds is 8. The first-order valence-corrected chi connectivity index (χ1v) is 11.2. The third-order valence-electron chi connectivity index (χ3n) is 4.78. The number of Topliss-reactive ketones (excluding diaryl/α,β-unsaturated/α-hetero) is 1. The maximum Gasteiger partial charge on any atom is 0.353 e. The van der Waals surface area contributed by atoms with Crippen LogP contribution < -0.4 is 9.47 Å². The van der Waals surface area contributed by atoms with E-state index >= 15 is 0 Å². The van der Waals surface area contributed by atoms with Gasteiger partial charge in [0.2, 0.25) is 5.78 Å². The molecule has 168 valence electrons. The van der Waals surface area contributed by atoms with Crippen molar-refractivity contribution < 1.29 is 19.1 Å². The average Bonchev–Trinajstić information content (AvgIpc) is 3.43. The quantitative estimate of drug-likeness (QED) is 0.110. The highest BCUT2D eigenvalue weighted by Gasteiger charge is 2.16. The van der Waals surface area contributed by atoms with E-state index in [1.165, 1.54) is 24.7 Å². The second kappa shape index (κ2) is 11.0. The summed E-state index contributed by atoms with van der Waals surface area (Å²) < 4.78 is 10.8. The molecular formula is C27H20N2O4S. The van der Waals surface area contributed by atoms with Crippen molar-refractivity contribution in [2.75, 3.05) is 7.11 Å². The van der Waals surface area contributed by atoms with Crippen LogP contribution in [0.3, 0.4) is 0 Å². The van der Waals surface area contributed by atoms with Crippen molar-refractivity contribution in [3.8, 4) is 11.5 Å². The zero-order chi connectivity index (χ0) is 23.8. The average molecular weight is 469 g/mol. The zero-order valence-corrected chi connectivity index (χ0v) is 19.1. The molecule has 6 nitrogen and oxygen atoms in total. The molecule has 0 saturated carbocycles. The maximum atomic E-state index is 13.1. The molecule has 0 atom stereocenters. The lowest BCUT2D eigenvalue weighted by molar-refractivity contribution is 0.0734. The number of ketones is 1. The summed E-state index contributed by atoms with van der Waals surface area (Å²) in [5.74, 6) is -0.00382. The van der Waals surface area contributed by atoms with Gasteiger partial charge in [-0.3, -0.25) is 4.79 Å². The number of esters is 1. The number of thiophene rings is 1. The van der Waals surface area contributed by atoms with Crippen LogP contribution in [0.2, 0.25) is 0 Å². The molecule has 1 heterocycles. The highest BCUT2D eigenvalue weighted by molar-refractivity contribution is 7.12. The fourth-order valence-corrected chi connectivity index (χ4v) is 3.70. The van der Waals surface area contributed by atoms with Crippen molar-refractivity contribution in [3.63, 3.8) is 0 Å². The Bertz CT molecular complexity index is 1330. The lowest BCUT2D eigenvalue weighted by atomic mass is 10.0. The van der Waals surface area contributed by atoms with Crippen LogP contribution in [-0.2, 0) is 0 Å². The van der Waals surface area contributed by atoms with Gasteiger partial charge < -0.3 is 9.47 Å². The molecule has 4 aromatic rings. The van der Waals surface area contributed by atoms with Crippen LogP contribution in [0.15, 0.2) is 107 Å². The summed E-state index contributed by atoms with van der Waals surface area (Å²) in [6, 6.07) is 26.6. The fraction of sp³-hybridized carbons (Fsp3) is 0.0370. The predicted molar refractivity (Wildman–Crippen MR) is 134 cm³/mol. The van der Waals surface area contributed by atoms with E-state index in [1.54, 1.807) is 60.0 Å². The van der Waals surface area contributed by atoms with E-state index in [-0.39, 0.29) is 11.5 Å². The normalized spacial score (nSPS) is 11.4. The first-order valence-electron chi connectivity index (χ1n) is 10.4. The van der Waals surface area contributed by atoms with Gasteiger partial charge in [0.1, 0.15) is 10.6 Å². The Morgan fingerprint density at radius 1 is 0.824 bits per heavy atom. The predicted octanol–water partition coefficient (Wildman–Crippen LogP) is 5.68. The minimum atomic E-state index is -0.453. The van der Waals surface area contributed by atoms with Gasteiger partial charge in [-0.15, -0.1) is 16.4 Å². The first-order chi connectivity index (χ1) is 16.7. The number of methoxy groups -OCH3 is 1. The topological polar surface area (TPSA) is 77.3 Å². The highest BCUT2D eigenvalue weighted by atomic mass is 32.1. The molecule has 4 rings (SSSR count). The Morgan fingerprint density at radius 2 is 1.53 bits per heavy atom. The molecule has 0 N–H and O–H groups in total. The SMILES string of the molecule is COc1cc(/C=N/N=C(/C(=O)c2ccccc2)c2ccccc2)ccc1OC(=O)c1cccs1. The van der Waals surface area contributed by atoms with E-state index in [1.807, 2.05) is 36.4 Å². The molecular weight excluding hydrogens is 448 g/mol. The zero-order valence-electron chi connectivity index (χ0n) is 18.3. The number of nitrogens with zero attached hydrogens (tertiary/aromatic N) is 2. The van der Waals surface area contributed by atoms with Crippen molar-refractivity contribution in [2.45, 2.75) is 0 Å².